The number of aromatic nitrogens is 1. The second kappa shape index (κ2) is 19.8. The Kier molecular flexibility index (Phi) is 15.6. The maximum Gasteiger partial charge on any atom is 0.509 e. The van der Waals surface area contributed by atoms with Gasteiger partial charge < -0.3 is 48.0 Å². The monoisotopic (exact) mass is 841 g/mol. The molecule has 14 nitrogen and oxygen atoms in total. The number of cyclic esters (lactones) is 1. The highest BCUT2D eigenvalue weighted by atomic mass is 32.1. The number of esters is 1. The molecule has 0 amide bonds. The van der Waals surface area contributed by atoms with Gasteiger partial charge in [0, 0.05) is 37.1 Å². The van der Waals surface area contributed by atoms with E-state index >= 15 is 0 Å². The molecule has 0 aromatic carbocycles. The Balaban J connectivity index is 1.58. The number of thiophene rings is 1. The molecule has 0 aliphatic carbocycles. The Bertz CT molecular complexity index is 1810. The molecule has 2 aromatic rings. The summed E-state index contributed by atoms with van der Waals surface area (Å²) in [6, 6.07) is 9.45. The Morgan fingerprint density at radius 3 is 2.44 bits per heavy atom. The molecule has 14 atom stereocenters. The molecule has 0 bridgehead atoms. The predicted molar refractivity (Wildman–Crippen MR) is 223 cm³/mol. The largest absolute Gasteiger partial charge is 0.509 e. The molecule has 0 unspecified atom stereocenters. The van der Waals surface area contributed by atoms with Gasteiger partial charge in [-0.3, -0.25) is 9.78 Å². The Hall–Kier alpha value is -3.62. The molecule has 2 aromatic heterocycles. The fraction of sp³-hybridized carbons (Fsp3) is 0.682. The highest BCUT2D eigenvalue weighted by Gasteiger charge is 2.59. The molecule has 5 rings (SSSR count). The van der Waals surface area contributed by atoms with Gasteiger partial charge in [0.1, 0.15) is 25.9 Å². The van der Waals surface area contributed by atoms with Crippen LogP contribution in [0.2, 0.25) is 0 Å². The highest BCUT2D eigenvalue weighted by molar-refractivity contribution is 7.16. The second-order valence-electron chi connectivity index (χ2n) is 16.8. The summed E-state index contributed by atoms with van der Waals surface area (Å²) in [5.41, 5.74) is -1.02. The van der Waals surface area contributed by atoms with Crippen LogP contribution in [0.1, 0.15) is 79.5 Å². The standard InChI is InChI=1S/C44H63N3O11S/c1-13-34-44(8)39(57-42(50)58-44)27(4)35(46-52-12)25(2)24-43(7,51-11)38(56-41-36(48)32(47(9)10)23-26(3)54-41)28(5)37(29(6)40(49)55-34)53-22-16-17-30-19-20-33(59-30)31-18-14-15-21-45-31/h14-15,18-21,25-29,32,34,36-39,41,48H,13,22-24H2,1-12H3/b46-35+/t25-,26-,27+,28+,29-,32+,34-,36-,37+,38-,39-,41+,43-,44-/m1/s1. The normalized spacial score (nSPS) is 37.7. The number of hydrogen-bond acceptors (Lipinski definition) is 15. The van der Waals surface area contributed by atoms with Crippen LogP contribution in [-0.2, 0) is 42.8 Å². The number of oxime groups is 1. The third-order valence-corrected chi connectivity index (χ3v) is 13.3. The second-order valence-corrected chi connectivity index (χ2v) is 17.8. The van der Waals surface area contributed by atoms with Gasteiger partial charge >= 0.3 is 12.1 Å². The molecule has 15 heteroatoms. The summed E-state index contributed by atoms with van der Waals surface area (Å²) >= 11 is 1.52. The lowest BCUT2D eigenvalue weighted by Crippen LogP contribution is -2.60. The number of aliphatic hydroxyl groups is 1. The number of pyridine rings is 1. The van der Waals surface area contributed by atoms with Crippen LogP contribution >= 0.6 is 11.3 Å². The van der Waals surface area contributed by atoms with Crippen LogP contribution in [0.3, 0.4) is 0 Å². The van der Waals surface area contributed by atoms with E-state index < -0.39 is 77.9 Å². The first-order chi connectivity index (χ1) is 28.0. The number of nitrogens with zero attached hydrogens (tertiary/aromatic N) is 3. The van der Waals surface area contributed by atoms with E-state index in [0.717, 1.165) is 15.4 Å². The zero-order valence-electron chi connectivity index (χ0n) is 36.5. The zero-order chi connectivity index (χ0) is 43.2. The third kappa shape index (κ3) is 10.3. The van der Waals surface area contributed by atoms with Crippen molar-refractivity contribution in [3.8, 4) is 22.4 Å². The van der Waals surface area contributed by atoms with Crippen molar-refractivity contribution in [3.63, 3.8) is 0 Å². The van der Waals surface area contributed by atoms with Gasteiger partial charge in [-0.25, -0.2) is 4.79 Å². The summed E-state index contributed by atoms with van der Waals surface area (Å²) in [4.78, 5) is 41.0. The number of methoxy groups -OCH3 is 1. The van der Waals surface area contributed by atoms with Gasteiger partial charge in [0.05, 0.1) is 51.0 Å². The summed E-state index contributed by atoms with van der Waals surface area (Å²) in [7, 11) is 6.90. The summed E-state index contributed by atoms with van der Waals surface area (Å²) in [5, 5.41) is 16.2. The van der Waals surface area contributed by atoms with Gasteiger partial charge in [0.15, 0.2) is 18.0 Å². The van der Waals surface area contributed by atoms with E-state index in [1.54, 1.807) is 27.2 Å². The lowest BCUT2D eigenvalue weighted by molar-refractivity contribution is -0.302. The first-order valence-corrected chi connectivity index (χ1v) is 21.3. The van der Waals surface area contributed by atoms with Gasteiger partial charge in [0.2, 0.25) is 0 Å². The molecule has 5 heterocycles. The summed E-state index contributed by atoms with van der Waals surface area (Å²) in [6.07, 6.45) is -3.55. The van der Waals surface area contributed by atoms with E-state index in [-0.39, 0.29) is 24.7 Å². The van der Waals surface area contributed by atoms with Gasteiger partial charge in [-0.1, -0.05) is 50.8 Å². The number of likely N-dealkylation sites (N-methyl/N-ethyl adjacent to an activating group) is 1. The topological polar surface area (TPSA) is 157 Å². The van der Waals surface area contributed by atoms with Crippen LogP contribution in [0.25, 0.3) is 10.6 Å². The van der Waals surface area contributed by atoms with E-state index in [4.69, 9.17) is 38.0 Å². The average molecular weight is 842 g/mol. The number of carbonyl (C=O) groups excluding carboxylic acids is 2. The number of hydrogen-bond donors (Lipinski definition) is 1. The summed E-state index contributed by atoms with van der Waals surface area (Å²) in [6.45, 7) is 15.0. The highest BCUT2D eigenvalue weighted by Crippen LogP contribution is 2.43. The Morgan fingerprint density at radius 2 is 1.80 bits per heavy atom. The molecule has 3 aliphatic heterocycles. The van der Waals surface area contributed by atoms with E-state index in [1.165, 1.54) is 18.4 Å². The van der Waals surface area contributed by atoms with Crippen molar-refractivity contribution >= 4 is 29.2 Å². The van der Waals surface area contributed by atoms with Crippen molar-refractivity contribution in [3.05, 3.63) is 41.4 Å². The lowest BCUT2D eigenvalue weighted by atomic mass is 9.73. The van der Waals surface area contributed by atoms with Gasteiger partial charge in [-0.05, 0) is 85.3 Å². The molecule has 59 heavy (non-hydrogen) atoms. The molecular formula is C44H63N3O11S. The first kappa shape index (κ1) is 46.4. The maximum atomic E-state index is 14.4. The number of ether oxygens (including phenoxy) is 7. The van der Waals surface area contributed by atoms with E-state index in [0.29, 0.717) is 25.0 Å². The minimum Gasteiger partial charge on any atom is -0.458 e. The van der Waals surface area contributed by atoms with Gasteiger partial charge in [0.25, 0.3) is 0 Å². The summed E-state index contributed by atoms with van der Waals surface area (Å²) in [5.74, 6) is 3.46. The van der Waals surface area contributed by atoms with Crippen molar-refractivity contribution in [2.24, 2.45) is 28.8 Å². The van der Waals surface area contributed by atoms with Crippen LogP contribution in [0.5, 0.6) is 0 Å². The minimum atomic E-state index is -1.36. The molecular weight excluding hydrogens is 779 g/mol. The fourth-order valence-electron chi connectivity index (χ4n) is 9.09. The molecule has 0 radical (unpaired) electrons. The summed E-state index contributed by atoms with van der Waals surface area (Å²) < 4.78 is 44.4. The number of carbonyl (C=O) groups is 2. The molecule has 3 saturated heterocycles. The number of aliphatic hydroxyl groups excluding tert-OH is 1. The van der Waals surface area contributed by atoms with Gasteiger partial charge in [-0.2, -0.15) is 0 Å². The fourth-order valence-corrected chi connectivity index (χ4v) is 9.94. The van der Waals surface area contributed by atoms with Crippen LogP contribution < -0.4 is 0 Å². The van der Waals surface area contributed by atoms with E-state index in [9.17, 15) is 14.7 Å². The molecule has 3 aliphatic rings. The van der Waals surface area contributed by atoms with Crippen LogP contribution in [0, 0.1) is 35.5 Å². The smallest absolute Gasteiger partial charge is 0.458 e. The van der Waals surface area contributed by atoms with Crippen LogP contribution in [-0.4, -0.2) is 128 Å². The van der Waals surface area contributed by atoms with Crippen LogP contribution in [0.15, 0.2) is 41.7 Å². The van der Waals surface area contributed by atoms with Gasteiger partial charge in [-0.15, -0.1) is 11.3 Å². The molecule has 0 spiro atoms. The Morgan fingerprint density at radius 1 is 1.05 bits per heavy atom. The average Bonchev–Trinajstić information content (AvgIpc) is 3.81. The van der Waals surface area contributed by atoms with Crippen molar-refractivity contribution in [1.82, 2.24) is 9.88 Å². The van der Waals surface area contributed by atoms with E-state index in [1.807, 2.05) is 90.9 Å². The quantitative estimate of drug-likeness (QED) is 0.170. The molecule has 1 N–H and O–H groups in total. The molecule has 0 saturated carbocycles. The SMILES string of the molecule is CC[C@H]1OC(=O)[C@H](C)[C@@H](OCC#Cc2ccc(-c3ccccn3)s2)[C@H](C)[C@@H](O[C@@H]2O[C@H](C)C[C@H](N(C)C)[C@H]2O)[C@](C)(OC)C[C@@H](C)/C(=N\OC)[C@H](C)[C@H]2OC(=O)O[C@@]21C. The zero-order valence-corrected chi connectivity index (χ0v) is 37.3. The number of rotatable bonds is 9. The predicted octanol–water partition coefficient (Wildman–Crippen LogP) is 6.33. The van der Waals surface area contributed by atoms with Crippen molar-refractivity contribution in [2.75, 3.05) is 34.9 Å². The number of fused-ring (bicyclic) bond motifs is 1. The van der Waals surface area contributed by atoms with E-state index in [2.05, 4.69) is 22.0 Å². The lowest BCUT2D eigenvalue weighted by Gasteiger charge is -2.48. The maximum absolute atomic E-state index is 14.4. The van der Waals surface area contributed by atoms with Crippen LogP contribution in [0.4, 0.5) is 4.79 Å². The van der Waals surface area contributed by atoms with Crippen molar-refractivity contribution in [1.29, 1.82) is 0 Å². The van der Waals surface area contributed by atoms with Crippen molar-refractivity contribution in [2.45, 2.75) is 135 Å². The molecule has 326 valence electrons. The Labute approximate surface area is 353 Å². The first-order valence-electron chi connectivity index (χ1n) is 20.5. The minimum absolute atomic E-state index is 0.0246. The van der Waals surface area contributed by atoms with Crippen molar-refractivity contribution < 1.29 is 52.7 Å². The molecule has 3 fully saturated rings. The third-order valence-electron chi connectivity index (χ3n) is 12.3.